The van der Waals surface area contributed by atoms with E-state index in [2.05, 4.69) is 25.7 Å². The van der Waals surface area contributed by atoms with Gasteiger partial charge >= 0.3 is 0 Å². The van der Waals surface area contributed by atoms with Crippen LogP contribution in [-0.2, 0) is 4.74 Å². The van der Waals surface area contributed by atoms with Gasteiger partial charge in [0.05, 0.1) is 26.0 Å². The molecular weight excluding hydrogens is 370 g/mol. The van der Waals surface area contributed by atoms with Gasteiger partial charge in [0.2, 0.25) is 0 Å². The molecule has 9 heteroatoms. The highest BCUT2D eigenvalue weighted by Crippen LogP contribution is 2.27. The van der Waals surface area contributed by atoms with E-state index in [1.807, 2.05) is 0 Å². The monoisotopic (exact) mass is 391 g/mol. The summed E-state index contributed by atoms with van der Waals surface area (Å²) in [5.74, 6) is 0.755. The third-order valence-electron chi connectivity index (χ3n) is 4.14. The molecule has 144 valence electrons. The van der Waals surface area contributed by atoms with E-state index >= 15 is 0 Å². The van der Waals surface area contributed by atoms with Gasteiger partial charge in [-0.2, -0.15) is 0 Å². The van der Waals surface area contributed by atoms with Crippen molar-refractivity contribution in [2.24, 2.45) is 0 Å². The van der Waals surface area contributed by atoms with E-state index in [4.69, 9.17) is 21.1 Å². The van der Waals surface area contributed by atoms with Crippen LogP contribution in [0.2, 0.25) is 5.02 Å². The second kappa shape index (κ2) is 9.50. The van der Waals surface area contributed by atoms with Crippen LogP contribution < -0.4 is 15.4 Å². The molecule has 1 aromatic heterocycles. The summed E-state index contributed by atoms with van der Waals surface area (Å²) in [6, 6.07) is 8.35. The Labute approximate surface area is 162 Å². The molecule has 2 aromatic rings. The second-order valence-corrected chi connectivity index (χ2v) is 6.42. The molecule has 0 atom stereocenters. The zero-order valence-corrected chi connectivity index (χ0v) is 15.8. The van der Waals surface area contributed by atoms with E-state index in [1.165, 1.54) is 7.11 Å². The molecule has 0 radical (unpaired) electrons. The fraction of sp³-hybridized carbons (Fsp3) is 0.389. The number of nitrogens with one attached hydrogen (secondary N) is 2. The van der Waals surface area contributed by atoms with Crippen molar-refractivity contribution in [2.75, 3.05) is 57.1 Å². The molecule has 2 N–H and O–H groups in total. The minimum atomic E-state index is -0.386. The highest BCUT2D eigenvalue weighted by molar-refractivity contribution is 6.31. The molecule has 0 spiro atoms. The van der Waals surface area contributed by atoms with Crippen molar-refractivity contribution in [1.29, 1.82) is 0 Å². The van der Waals surface area contributed by atoms with E-state index in [-0.39, 0.29) is 11.6 Å². The highest BCUT2D eigenvalue weighted by Gasteiger charge is 2.13. The number of hydrogen-bond acceptors (Lipinski definition) is 7. The van der Waals surface area contributed by atoms with Crippen LogP contribution in [0.4, 0.5) is 11.5 Å². The van der Waals surface area contributed by atoms with Crippen LogP contribution in [0.25, 0.3) is 0 Å². The van der Waals surface area contributed by atoms with E-state index in [9.17, 15) is 4.79 Å². The normalized spacial score (nSPS) is 14.6. The van der Waals surface area contributed by atoms with Crippen LogP contribution in [0.5, 0.6) is 5.75 Å². The Balaban J connectivity index is 1.53. The zero-order valence-electron chi connectivity index (χ0n) is 15.1. The van der Waals surface area contributed by atoms with Crippen LogP contribution >= 0.6 is 11.6 Å². The Morgan fingerprint density at radius 1 is 1.26 bits per heavy atom. The fourth-order valence-corrected chi connectivity index (χ4v) is 2.85. The summed E-state index contributed by atoms with van der Waals surface area (Å²) in [5.41, 5.74) is 0.681. The number of morpholine rings is 1. The van der Waals surface area contributed by atoms with Crippen LogP contribution in [0, 0.1) is 0 Å². The van der Waals surface area contributed by atoms with Gasteiger partial charge in [-0.1, -0.05) is 11.6 Å². The van der Waals surface area contributed by atoms with Gasteiger partial charge in [-0.15, -0.1) is 10.2 Å². The molecule has 2 heterocycles. The van der Waals surface area contributed by atoms with Gasteiger partial charge in [0.1, 0.15) is 11.6 Å². The first-order valence-corrected chi connectivity index (χ1v) is 9.06. The van der Waals surface area contributed by atoms with Crippen LogP contribution in [0.1, 0.15) is 10.5 Å². The predicted molar refractivity (Wildman–Crippen MR) is 104 cm³/mol. The summed E-state index contributed by atoms with van der Waals surface area (Å²) in [7, 11) is 1.52. The summed E-state index contributed by atoms with van der Waals surface area (Å²) in [4.78, 5) is 14.7. The molecule has 1 aliphatic heterocycles. The number of ether oxygens (including phenoxy) is 2. The maximum absolute atomic E-state index is 12.4. The third kappa shape index (κ3) is 5.53. The van der Waals surface area contributed by atoms with Gasteiger partial charge in [-0.25, -0.2) is 0 Å². The number of methoxy groups -OCH3 is 1. The molecule has 27 heavy (non-hydrogen) atoms. The lowest BCUT2D eigenvalue weighted by atomic mass is 10.2. The summed E-state index contributed by atoms with van der Waals surface area (Å²) >= 11 is 5.98. The lowest BCUT2D eigenvalue weighted by Gasteiger charge is -2.26. The van der Waals surface area contributed by atoms with Crippen molar-refractivity contribution in [3.63, 3.8) is 0 Å². The number of benzene rings is 1. The van der Waals surface area contributed by atoms with Crippen molar-refractivity contribution in [2.45, 2.75) is 0 Å². The first-order chi connectivity index (χ1) is 13.2. The molecule has 0 saturated carbocycles. The number of carbonyl (C=O) groups is 1. The van der Waals surface area contributed by atoms with Gasteiger partial charge in [-0.05, 0) is 30.3 Å². The average Bonchev–Trinajstić information content (AvgIpc) is 2.69. The Morgan fingerprint density at radius 3 is 2.78 bits per heavy atom. The number of amides is 1. The van der Waals surface area contributed by atoms with Gasteiger partial charge in [0.15, 0.2) is 5.69 Å². The van der Waals surface area contributed by atoms with Gasteiger partial charge in [-0.3, -0.25) is 9.69 Å². The lowest BCUT2D eigenvalue weighted by molar-refractivity contribution is 0.0398. The van der Waals surface area contributed by atoms with E-state index in [1.54, 1.807) is 30.3 Å². The average molecular weight is 392 g/mol. The molecular formula is C18H22ClN5O3. The minimum Gasteiger partial charge on any atom is -0.495 e. The molecule has 1 amide bonds. The first kappa shape index (κ1) is 19.3. The fourth-order valence-electron chi connectivity index (χ4n) is 2.68. The van der Waals surface area contributed by atoms with Crippen molar-refractivity contribution >= 4 is 29.0 Å². The summed E-state index contributed by atoms with van der Waals surface area (Å²) in [6.07, 6.45) is 0. The standard InChI is InChI=1S/C18H22ClN5O3/c1-26-16-4-2-13(19)12-15(16)21-18(25)14-3-5-17(23-22-14)20-6-7-24-8-10-27-11-9-24/h2-5,12H,6-11H2,1H3,(H,20,23)(H,21,25). The molecule has 1 aromatic carbocycles. The SMILES string of the molecule is COc1ccc(Cl)cc1NC(=O)c1ccc(NCCN2CCOCC2)nn1. The second-order valence-electron chi connectivity index (χ2n) is 5.98. The smallest absolute Gasteiger partial charge is 0.276 e. The number of carbonyl (C=O) groups excluding carboxylic acids is 1. The van der Waals surface area contributed by atoms with Gasteiger partial charge < -0.3 is 20.1 Å². The molecule has 0 bridgehead atoms. The van der Waals surface area contributed by atoms with E-state index in [0.717, 1.165) is 39.4 Å². The molecule has 8 nitrogen and oxygen atoms in total. The Hall–Kier alpha value is -2.42. The lowest BCUT2D eigenvalue weighted by Crippen LogP contribution is -2.39. The summed E-state index contributed by atoms with van der Waals surface area (Å²) in [6.45, 7) is 5.10. The van der Waals surface area contributed by atoms with Crippen molar-refractivity contribution in [3.8, 4) is 5.75 Å². The van der Waals surface area contributed by atoms with Crippen LogP contribution in [0.3, 0.4) is 0 Å². The molecule has 1 aliphatic rings. The van der Waals surface area contributed by atoms with Gasteiger partial charge in [0.25, 0.3) is 5.91 Å². The van der Waals surface area contributed by atoms with Crippen LogP contribution in [0.15, 0.2) is 30.3 Å². The summed E-state index contributed by atoms with van der Waals surface area (Å²) in [5, 5.41) is 14.5. The summed E-state index contributed by atoms with van der Waals surface area (Å²) < 4.78 is 10.5. The van der Waals surface area contributed by atoms with Crippen LogP contribution in [-0.4, -0.2) is 67.5 Å². The molecule has 1 saturated heterocycles. The Kier molecular flexibility index (Phi) is 6.80. The maximum atomic E-state index is 12.4. The maximum Gasteiger partial charge on any atom is 0.276 e. The van der Waals surface area contributed by atoms with Crippen molar-refractivity contribution < 1.29 is 14.3 Å². The molecule has 0 unspecified atom stereocenters. The Bertz CT molecular complexity index is 766. The molecule has 0 aliphatic carbocycles. The van der Waals surface area contributed by atoms with E-state index in [0.29, 0.717) is 22.3 Å². The number of rotatable bonds is 7. The van der Waals surface area contributed by atoms with Gasteiger partial charge in [0, 0.05) is 31.2 Å². The number of halogens is 1. The quantitative estimate of drug-likeness (QED) is 0.747. The first-order valence-electron chi connectivity index (χ1n) is 8.68. The number of nitrogens with zero attached hydrogens (tertiary/aromatic N) is 3. The Morgan fingerprint density at radius 2 is 2.07 bits per heavy atom. The number of aromatic nitrogens is 2. The number of anilines is 2. The third-order valence-corrected chi connectivity index (χ3v) is 4.38. The molecule has 1 fully saturated rings. The van der Waals surface area contributed by atoms with Crippen molar-refractivity contribution in [3.05, 3.63) is 41.0 Å². The molecule has 3 rings (SSSR count). The number of hydrogen-bond donors (Lipinski definition) is 2. The predicted octanol–water partition coefficient (Wildman–Crippen LogP) is 2.13. The zero-order chi connectivity index (χ0) is 19.1. The van der Waals surface area contributed by atoms with Crippen molar-refractivity contribution in [1.82, 2.24) is 15.1 Å². The topological polar surface area (TPSA) is 88.6 Å². The highest BCUT2D eigenvalue weighted by atomic mass is 35.5. The van der Waals surface area contributed by atoms with E-state index < -0.39 is 0 Å². The largest absolute Gasteiger partial charge is 0.495 e. The minimum absolute atomic E-state index is 0.204.